The van der Waals surface area contributed by atoms with Gasteiger partial charge in [-0.2, -0.15) is 0 Å². The van der Waals surface area contributed by atoms with Gasteiger partial charge in [0, 0.05) is 43.9 Å². The highest BCUT2D eigenvalue weighted by molar-refractivity contribution is 6.30. The minimum absolute atomic E-state index is 0.0167. The number of para-hydroxylation sites is 2. The Hall–Kier alpha value is -3.26. The first-order valence-electron chi connectivity index (χ1n) is 10.2. The molecule has 0 atom stereocenters. The summed E-state index contributed by atoms with van der Waals surface area (Å²) in [6.45, 7) is 1.93. The Morgan fingerprint density at radius 2 is 1.58 bits per heavy atom. The van der Waals surface area contributed by atoms with E-state index in [1.165, 1.54) is 4.57 Å². The number of carbonyl (C=O) groups is 2. The SMILES string of the molecule is Cn1c(=O)n(CC(=O)N2CCCN(C(=O)Nc3ccc(Cl)cc3)CC2)c2ccccc21. The van der Waals surface area contributed by atoms with Gasteiger partial charge in [-0.15, -0.1) is 0 Å². The van der Waals surface area contributed by atoms with Crippen LogP contribution in [0.4, 0.5) is 10.5 Å². The van der Waals surface area contributed by atoms with Gasteiger partial charge in [0.25, 0.3) is 0 Å². The molecular formula is C22H24ClN5O3. The molecule has 3 aromatic rings. The Morgan fingerprint density at radius 3 is 2.32 bits per heavy atom. The number of carbonyl (C=O) groups excluding carboxylic acids is 2. The lowest BCUT2D eigenvalue weighted by Crippen LogP contribution is -2.41. The number of benzene rings is 2. The summed E-state index contributed by atoms with van der Waals surface area (Å²) in [5.74, 6) is -0.126. The third kappa shape index (κ3) is 4.44. The fourth-order valence-electron chi connectivity index (χ4n) is 3.86. The van der Waals surface area contributed by atoms with Crippen molar-refractivity contribution in [1.82, 2.24) is 18.9 Å². The van der Waals surface area contributed by atoms with Crippen molar-refractivity contribution in [2.45, 2.75) is 13.0 Å². The van der Waals surface area contributed by atoms with Gasteiger partial charge < -0.3 is 15.1 Å². The molecule has 9 heteroatoms. The van der Waals surface area contributed by atoms with E-state index in [1.807, 2.05) is 24.3 Å². The first kappa shape index (κ1) is 21.0. The first-order chi connectivity index (χ1) is 14.9. The highest BCUT2D eigenvalue weighted by atomic mass is 35.5. The number of amides is 3. The zero-order chi connectivity index (χ0) is 22.0. The molecule has 0 saturated carbocycles. The molecule has 0 unspecified atom stereocenters. The summed E-state index contributed by atoms with van der Waals surface area (Å²) in [6.07, 6.45) is 0.671. The van der Waals surface area contributed by atoms with Crippen LogP contribution in [0.15, 0.2) is 53.3 Å². The van der Waals surface area contributed by atoms with Gasteiger partial charge in [0.2, 0.25) is 5.91 Å². The van der Waals surface area contributed by atoms with Gasteiger partial charge in [0.05, 0.1) is 11.0 Å². The largest absolute Gasteiger partial charge is 0.339 e. The number of nitrogens with zero attached hydrogens (tertiary/aromatic N) is 4. The van der Waals surface area contributed by atoms with Crippen LogP contribution >= 0.6 is 11.6 Å². The topological polar surface area (TPSA) is 79.6 Å². The number of hydrogen-bond acceptors (Lipinski definition) is 3. The second-order valence-electron chi connectivity index (χ2n) is 7.57. The number of aryl methyl sites for hydroxylation is 1. The molecule has 8 nitrogen and oxygen atoms in total. The lowest BCUT2D eigenvalue weighted by Gasteiger charge is -2.22. The van der Waals surface area contributed by atoms with Crippen molar-refractivity contribution in [3.05, 3.63) is 64.0 Å². The average Bonchev–Trinajstić information content (AvgIpc) is 2.95. The highest BCUT2D eigenvalue weighted by Gasteiger charge is 2.23. The number of hydrogen-bond donors (Lipinski definition) is 1. The van der Waals surface area contributed by atoms with E-state index in [9.17, 15) is 14.4 Å². The summed E-state index contributed by atoms with van der Waals surface area (Å²) in [4.78, 5) is 41.6. The third-order valence-electron chi connectivity index (χ3n) is 5.58. The summed E-state index contributed by atoms with van der Waals surface area (Å²) < 4.78 is 3.06. The fourth-order valence-corrected chi connectivity index (χ4v) is 3.98. The molecule has 1 aromatic heterocycles. The minimum Gasteiger partial charge on any atom is -0.339 e. The van der Waals surface area contributed by atoms with E-state index in [-0.39, 0.29) is 24.2 Å². The average molecular weight is 442 g/mol. The summed E-state index contributed by atoms with van der Waals surface area (Å²) in [6, 6.07) is 14.1. The van der Waals surface area contributed by atoms with Gasteiger partial charge in [0.1, 0.15) is 6.54 Å². The van der Waals surface area contributed by atoms with Gasteiger partial charge in [-0.05, 0) is 42.8 Å². The third-order valence-corrected chi connectivity index (χ3v) is 5.83. The number of nitrogens with one attached hydrogen (secondary N) is 1. The van der Waals surface area contributed by atoms with E-state index in [2.05, 4.69) is 5.32 Å². The standard InChI is InChI=1S/C22H24ClN5O3/c1-25-18-5-2-3-6-19(18)28(22(25)31)15-20(29)26-11-4-12-27(14-13-26)21(30)24-17-9-7-16(23)8-10-17/h2-3,5-10H,4,11-15H2,1H3,(H,24,30). The molecule has 0 radical (unpaired) electrons. The zero-order valence-corrected chi connectivity index (χ0v) is 18.0. The van der Waals surface area contributed by atoms with E-state index in [0.717, 1.165) is 11.0 Å². The lowest BCUT2D eigenvalue weighted by molar-refractivity contribution is -0.131. The number of anilines is 1. The Balaban J connectivity index is 1.40. The summed E-state index contributed by atoms with van der Waals surface area (Å²) in [7, 11) is 1.70. The van der Waals surface area contributed by atoms with Crippen LogP contribution in [-0.2, 0) is 18.4 Å². The molecule has 162 valence electrons. The van der Waals surface area contributed by atoms with E-state index < -0.39 is 0 Å². The maximum atomic E-state index is 13.0. The quantitative estimate of drug-likeness (QED) is 0.678. The molecule has 0 aliphatic carbocycles. The molecule has 1 saturated heterocycles. The molecule has 1 aliphatic rings. The predicted molar refractivity (Wildman–Crippen MR) is 120 cm³/mol. The number of urea groups is 1. The molecular weight excluding hydrogens is 418 g/mol. The second kappa shape index (κ2) is 8.85. The van der Waals surface area contributed by atoms with E-state index in [1.54, 1.807) is 45.7 Å². The van der Waals surface area contributed by atoms with Crippen LogP contribution in [0.2, 0.25) is 5.02 Å². The zero-order valence-electron chi connectivity index (χ0n) is 17.3. The Morgan fingerprint density at radius 1 is 0.935 bits per heavy atom. The minimum atomic E-state index is -0.214. The molecule has 2 heterocycles. The predicted octanol–water partition coefficient (Wildman–Crippen LogP) is 2.76. The lowest BCUT2D eigenvalue weighted by atomic mass is 10.3. The van der Waals surface area contributed by atoms with Crippen molar-refractivity contribution in [3.8, 4) is 0 Å². The van der Waals surface area contributed by atoms with Crippen LogP contribution in [0.1, 0.15) is 6.42 Å². The van der Waals surface area contributed by atoms with Crippen molar-refractivity contribution >= 4 is 40.3 Å². The van der Waals surface area contributed by atoms with Crippen LogP contribution in [0.3, 0.4) is 0 Å². The van der Waals surface area contributed by atoms with Crippen LogP contribution in [-0.4, -0.2) is 57.1 Å². The van der Waals surface area contributed by atoms with Crippen LogP contribution in [0.25, 0.3) is 11.0 Å². The smallest absolute Gasteiger partial charge is 0.329 e. The van der Waals surface area contributed by atoms with Crippen LogP contribution in [0, 0.1) is 0 Å². The molecule has 0 bridgehead atoms. The molecule has 31 heavy (non-hydrogen) atoms. The highest BCUT2D eigenvalue weighted by Crippen LogP contribution is 2.15. The van der Waals surface area contributed by atoms with Crippen molar-refractivity contribution in [2.75, 3.05) is 31.5 Å². The number of aromatic nitrogens is 2. The number of imidazole rings is 1. The number of fused-ring (bicyclic) bond motifs is 1. The molecule has 1 N–H and O–H groups in total. The van der Waals surface area contributed by atoms with Crippen molar-refractivity contribution in [2.24, 2.45) is 7.05 Å². The van der Waals surface area contributed by atoms with Gasteiger partial charge in [-0.3, -0.25) is 13.9 Å². The van der Waals surface area contributed by atoms with Crippen LogP contribution < -0.4 is 11.0 Å². The molecule has 3 amide bonds. The van der Waals surface area contributed by atoms with Gasteiger partial charge in [0.15, 0.2) is 0 Å². The Bertz CT molecular complexity index is 1170. The molecule has 0 spiro atoms. The molecule has 1 aliphatic heterocycles. The Kier molecular flexibility index (Phi) is 5.99. The van der Waals surface area contributed by atoms with E-state index in [0.29, 0.717) is 43.3 Å². The fraction of sp³-hybridized carbons (Fsp3) is 0.318. The molecule has 4 rings (SSSR count). The maximum Gasteiger partial charge on any atom is 0.329 e. The van der Waals surface area contributed by atoms with Crippen molar-refractivity contribution in [3.63, 3.8) is 0 Å². The number of rotatable bonds is 3. The first-order valence-corrected chi connectivity index (χ1v) is 10.6. The summed E-state index contributed by atoms with van der Waals surface area (Å²) in [5.41, 5.74) is 1.98. The van der Waals surface area contributed by atoms with Crippen molar-refractivity contribution in [1.29, 1.82) is 0 Å². The normalized spacial score (nSPS) is 14.5. The van der Waals surface area contributed by atoms with Crippen molar-refractivity contribution < 1.29 is 9.59 Å². The van der Waals surface area contributed by atoms with Gasteiger partial charge in [-0.1, -0.05) is 23.7 Å². The summed E-state index contributed by atoms with van der Waals surface area (Å²) >= 11 is 5.88. The second-order valence-corrected chi connectivity index (χ2v) is 8.01. The molecule has 1 fully saturated rings. The maximum absolute atomic E-state index is 13.0. The van der Waals surface area contributed by atoms with Gasteiger partial charge in [-0.25, -0.2) is 9.59 Å². The van der Waals surface area contributed by atoms with Gasteiger partial charge >= 0.3 is 11.7 Å². The van der Waals surface area contributed by atoms with E-state index >= 15 is 0 Å². The molecule has 2 aromatic carbocycles. The Labute approximate surface area is 184 Å². The summed E-state index contributed by atoms with van der Waals surface area (Å²) in [5, 5.41) is 3.46. The van der Waals surface area contributed by atoms with E-state index in [4.69, 9.17) is 11.6 Å². The number of halogens is 1. The monoisotopic (exact) mass is 441 g/mol. The van der Waals surface area contributed by atoms with Crippen LogP contribution in [0.5, 0.6) is 0 Å².